The smallest absolute Gasteiger partial charge is 0.215 e. The van der Waals surface area contributed by atoms with Gasteiger partial charge in [-0.1, -0.05) is 12.2 Å². The summed E-state index contributed by atoms with van der Waals surface area (Å²) in [4.78, 5) is 11.2. The van der Waals surface area contributed by atoms with Gasteiger partial charge >= 0.3 is 0 Å². The second-order valence-corrected chi connectivity index (χ2v) is 6.14. The molecule has 8 heteroatoms. The molecular weight excluding hydrogens is 294 g/mol. The molecule has 0 spiro atoms. The highest BCUT2D eigenvalue weighted by molar-refractivity contribution is 5.85. The first-order valence-electron chi connectivity index (χ1n) is 7.83. The van der Waals surface area contributed by atoms with Crippen LogP contribution in [0, 0.1) is 0 Å². The Morgan fingerprint density at radius 3 is 3.00 bits per heavy atom. The molecule has 3 heterocycles. The minimum Gasteiger partial charge on any atom is -0.379 e. The minimum atomic E-state index is -0.488. The summed E-state index contributed by atoms with van der Waals surface area (Å²) in [6.45, 7) is 4.49. The van der Waals surface area contributed by atoms with Gasteiger partial charge in [0.1, 0.15) is 6.34 Å². The number of morpholine rings is 1. The summed E-state index contributed by atoms with van der Waals surface area (Å²) in [7, 11) is 0. The number of hydrazine groups is 1. The normalized spacial score (nSPS) is 29.9. The minimum absolute atomic E-state index is 0.366. The van der Waals surface area contributed by atoms with Crippen molar-refractivity contribution in [1.29, 1.82) is 0 Å². The lowest BCUT2D eigenvalue weighted by molar-refractivity contribution is 0.0362. The molecule has 1 saturated heterocycles. The number of ether oxygens (including phenoxy) is 1. The molecule has 1 fully saturated rings. The molecule has 5 N–H and O–H groups in total. The zero-order chi connectivity index (χ0) is 15.9. The van der Waals surface area contributed by atoms with Gasteiger partial charge < -0.3 is 16.2 Å². The van der Waals surface area contributed by atoms with Gasteiger partial charge in [-0.25, -0.2) is 10.0 Å². The van der Waals surface area contributed by atoms with Crippen LogP contribution < -0.4 is 16.9 Å². The van der Waals surface area contributed by atoms with E-state index in [1.54, 1.807) is 11.3 Å². The van der Waals surface area contributed by atoms with Crippen molar-refractivity contribution in [2.24, 2.45) is 21.5 Å². The van der Waals surface area contributed by atoms with Gasteiger partial charge in [-0.05, 0) is 12.5 Å². The van der Waals surface area contributed by atoms with E-state index in [0.29, 0.717) is 5.96 Å². The van der Waals surface area contributed by atoms with E-state index in [0.717, 1.165) is 56.4 Å². The molecule has 3 aliphatic heterocycles. The standard InChI is InChI=1S/C15H21N7O/c16-14-19-13-11-1-2-15(17,3-4-21-5-7-23-8-6-21)9-12(11)18-10-22(13)20-14/h1-2,9-10H,3-8,17H2,(H3,16,19,20). The summed E-state index contributed by atoms with van der Waals surface area (Å²) in [5.74, 6) is 1.13. The van der Waals surface area contributed by atoms with Crippen molar-refractivity contribution in [3.05, 3.63) is 35.3 Å². The van der Waals surface area contributed by atoms with Crippen molar-refractivity contribution in [2.45, 2.75) is 12.0 Å². The summed E-state index contributed by atoms with van der Waals surface area (Å²) in [5, 5.41) is 1.71. The molecule has 0 saturated carbocycles. The molecule has 0 aromatic heterocycles. The molecule has 4 aliphatic rings. The zero-order valence-electron chi connectivity index (χ0n) is 12.9. The molecule has 0 amide bonds. The Labute approximate surface area is 134 Å². The van der Waals surface area contributed by atoms with Crippen LogP contribution in [0.15, 0.2) is 45.3 Å². The zero-order valence-corrected chi connectivity index (χ0v) is 12.9. The molecular formula is C15H21N7O. The average Bonchev–Trinajstić information content (AvgIpc) is 2.94. The quantitative estimate of drug-likeness (QED) is 0.633. The molecule has 1 atom stereocenters. The number of allylic oxidation sites excluding steroid dienone is 1. The Balaban J connectivity index is 1.51. The van der Waals surface area contributed by atoms with Crippen LogP contribution >= 0.6 is 0 Å². The first-order chi connectivity index (χ1) is 11.1. The number of nitrogens with zero attached hydrogens (tertiary/aromatic N) is 4. The molecule has 23 heavy (non-hydrogen) atoms. The maximum atomic E-state index is 6.54. The first kappa shape index (κ1) is 14.4. The monoisotopic (exact) mass is 315 g/mol. The van der Waals surface area contributed by atoms with Crippen LogP contribution in [0.1, 0.15) is 6.42 Å². The fourth-order valence-electron chi connectivity index (χ4n) is 3.10. The molecule has 4 rings (SSSR count). The fraction of sp³-hybridized carbons (Fsp3) is 0.467. The van der Waals surface area contributed by atoms with Crippen LogP contribution in [0.3, 0.4) is 0 Å². The molecule has 0 aromatic carbocycles. The van der Waals surface area contributed by atoms with E-state index in [1.807, 2.05) is 18.2 Å². The van der Waals surface area contributed by atoms with Gasteiger partial charge in [0.25, 0.3) is 0 Å². The summed E-state index contributed by atoms with van der Waals surface area (Å²) < 4.78 is 5.38. The third-order valence-corrected chi connectivity index (χ3v) is 4.45. The number of rotatable bonds is 3. The summed E-state index contributed by atoms with van der Waals surface area (Å²) >= 11 is 0. The largest absolute Gasteiger partial charge is 0.379 e. The van der Waals surface area contributed by atoms with Crippen molar-refractivity contribution in [3.63, 3.8) is 0 Å². The van der Waals surface area contributed by atoms with E-state index >= 15 is 0 Å². The van der Waals surface area contributed by atoms with Crippen LogP contribution in [0.4, 0.5) is 0 Å². The SMILES string of the molecule is NC1=NC2=C3C=CC(N)(CCN4CCOCC4)C=C3N=CN2N1. The Morgan fingerprint density at radius 1 is 1.35 bits per heavy atom. The van der Waals surface area contributed by atoms with Crippen LogP contribution in [0.5, 0.6) is 0 Å². The van der Waals surface area contributed by atoms with Gasteiger partial charge in [0.05, 0.1) is 24.4 Å². The second kappa shape index (κ2) is 5.48. The number of nitrogens with two attached hydrogens (primary N) is 2. The lowest BCUT2D eigenvalue weighted by atomic mass is 9.87. The first-order valence-corrected chi connectivity index (χ1v) is 7.83. The third kappa shape index (κ3) is 2.76. The fourth-order valence-corrected chi connectivity index (χ4v) is 3.10. The highest BCUT2D eigenvalue weighted by atomic mass is 16.5. The maximum absolute atomic E-state index is 6.54. The molecule has 1 unspecified atom stereocenters. The predicted molar refractivity (Wildman–Crippen MR) is 88.1 cm³/mol. The predicted octanol–water partition coefficient (Wildman–Crippen LogP) is -0.752. The number of fused-ring (bicyclic) bond motifs is 2. The number of aliphatic imine (C=N–C) groups is 2. The Hall–Kier alpha value is -2.16. The lowest BCUT2D eigenvalue weighted by Crippen LogP contribution is -2.44. The molecule has 1 aliphatic carbocycles. The lowest BCUT2D eigenvalue weighted by Gasteiger charge is -2.33. The number of nitrogens with one attached hydrogen (secondary N) is 1. The van der Waals surface area contributed by atoms with Crippen molar-refractivity contribution in [3.8, 4) is 0 Å². The molecule has 8 nitrogen and oxygen atoms in total. The van der Waals surface area contributed by atoms with Crippen molar-refractivity contribution < 1.29 is 4.74 Å². The summed E-state index contributed by atoms with van der Waals surface area (Å²) in [6, 6.07) is 0. The van der Waals surface area contributed by atoms with Crippen molar-refractivity contribution >= 4 is 12.3 Å². The van der Waals surface area contributed by atoms with E-state index in [2.05, 4.69) is 20.3 Å². The summed E-state index contributed by atoms with van der Waals surface area (Å²) in [6.07, 6.45) is 8.57. The molecule has 0 bridgehead atoms. The van der Waals surface area contributed by atoms with Gasteiger partial charge in [-0.15, -0.1) is 0 Å². The van der Waals surface area contributed by atoms with Crippen LogP contribution in [0.25, 0.3) is 0 Å². The summed E-state index contributed by atoms with van der Waals surface area (Å²) in [5.41, 5.74) is 16.5. The van der Waals surface area contributed by atoms with Crippen LogP contribution in [-0.2, 0) is 4.74 Å². The van der Waals surface area contributed by atoms with Gasteiger partial charge in [0.15, 0.2) is 5.82 Å². The van der Waals surface area contributed by atoms with Gasteiger partial charge in [0.2, 0.25) is 5.96 Å². The van der Waals surface area contributed by atoms with Crippen LogP contribution in [-0.4, -0.2) is 60.6 Å². The van der Waals surface area contributed by atoms with Gasteiger partial charge in [0, 0.05) is 25.2 Å². The van der Waals surface area contributed by atoms with E-state index in [-0.39, 0.29) is 0 Å². The highest BCUT2D eigenvalue weighted by Crippen LogP contribution is 2.32. The molecule has 122 valence electrons. The second-order valence-electron chi connectivity index (χ2n) is 6.14. The number of guanidine groups is 1. The number of hydrogen-bond donors (Lipinski definition) is 3. The Morgan fingerprint density at radius 2 is 2.17 bits per heavy atom. The maximum Gasteiger partial charge on any atom is 0.215 e. The number of hydrogen-bond acceptors (Lipinski definition) is 8. The van der Waals surface area contributed by atoms with E-state index in [9.17, 15) is 0 Å². The molecule has 0 radical (unpaired) electrons. The third-order valence-electron chi connectivity index (χ3n) is 4.45. The van der Waals surface area contributed by atoms with Gasteiger partial charge in [-0.2, -0.15) is 4.99 Å². The van der Waals surface area contributed by atoms with Crippen molar-refractivity contribution in [2.75, 3.05) is 32.8 Å². The van der Waals surface area contributed by atoms with E-state index < -0.39 is 5.54 Å². The van der Waals surface area contributed by atoms with E-state index in [1.165, 1.54) is 0 Å². The average molecular weight is 315 g/mol. The Bertz CT molecular complexity index is 657. The van der Waals surface area contributed by atoms with Crippen molar-refractivity contribution in [1.82, 2.24) is 15.3 Å². The van der Waals surface area contributed by atoms with Gasteiger partial charge in [-0.3, -0.25) is 10.3 Å². The molecule has 0 aromatic rings. The Kier molecular flexibility index (Phi) is 3.44. The van der Waals surface area contributed by atoms with E-state index in [4.69, 9.17) is 16.2 Å². The van der Waals surface area contributed by atoms with Crippen LogP contribution in [0.2, 0.25) is 0 Å². The highest BCUT2D eigenvalue weighted by Gasteiger charge is 2.31. The topological polar surface area (TPSA) is 104 Å².